The van der Waals surface area contributed by atoms with Crippen LogP contribution in [-0.2, 0) is 15.0 Å². The molecule has 0 aliphatic carbocycles. The van der Waals surface area contributed by atoms with Crippen LogP contribution in [0.4, 0.5) is 10.1 Å². The second kappa shape index (κ2) is 8.99. The second-order valence-electron chi connectivity index (χ2n) is 7.55. The van der Waals surface area contributed by atoms with Gasteiger partial charge in [0.2, 0.25) is 5.91 Å². The molecule has 32 heavy (non-hydrogen) atoms. The van der Waals surface area contributed by atoms with Crippen molar-refractivity contribution in [1.29, 1.82) is 0 Å². The molecule has 2 N–H and O–H groups in total. The van der Waals surface area contributed by atoms with Crippen molar-refractivity contribution in [2.45, 2.75) is 18.5 Å². The van der Waals surface area contributed by atoms with E-state index in [1.165, 1.54) is 19.2 Å². The summed E-state index contributed by atoms with van der Waals surface area (Å²) in [6.45, 7) is 0. The normalized spacial score (nSPS) is 20.6. The van der Waals surface area contributed by atoms with Crippen molar-refractivity contribution in [3.8, 4) is 11.1 Å². The minimum absolute atomic E-state index is 0.135. The van der Waals surface area contributed by atoms with E-state index in [0.717, 1.165) is 27.1 Å². The SMILES string of the molecule is CN1[C@H](C(=O)Nc2ccc(F)c(Cl)c2)C[C@H](c2cccc(-c3ccccc3)c2)NS1(=O)=O. The molecule has 3 aromatic rings. The van der Waals surface area contributed by atoms with Crippen LogP contribution >= 0.6 is 11.6 Å². The molecule has 0 bridgehead atoms. The number of rotatable bonds is 4. The molecule has 4 rings (SSSR count). The average molecular weight is 474 g/mol. The molecule has 1 fully saturated rings. The number of amides is 1. The Labute approximate surface area is 191 Å². The van der Waals surface area contributed by atoms with Crippen LogP contribution in [0.15, 0.2) is 72.8 Å². The number of carbonyl (C=O) groups excluding carboxylic acids is 1. The van der Waals surface area contributed by atoms with Gasteiger partial charge in [0.05, 0.1) is 5.02 Å². The number of likely N-dealkylation sites (N-methyl/N-ethyl adjacent to an activating group) is 1. The first-order chi connectivity index (χ1) is 15.2. The largest absolute Gasteiger partial charge is 0.325 e. The zero-order valence-electron chi connectivity index (χ0n) is 17.1. The minimum atomic E-state index is -3.90. The third-order valence-electron chi connectivity index (χ3n) is 5.45. The summed E-state index contributed by atoms with van der Waals surface area (Å²) in [5, 5.41) is 2.50. The zero-order valence-corrected chi connectivity index (χ0v) is 18.7. The molecule has 9 heteroatoms. The predicted octanol–water partition coefficient (Wildman–Crippen LogP) is 4.36. The van der Waals surface area contributed by atoms with Gasteiger partial charge in [-0.15, -0.1) is 0 Å². The van der Waals surface area contributed by atoms with Gasteiger partial charge in [0.25, 0.3) is 10.2 Å². The fraction of sp³-hybridized carbons (Fsp3) is 0.174. The average Bonchev–Trinajstić information content (AvgIpc) is 2.78. The number of carbonyl (C=O) groups is 1. The fourth-order valence-electron chi connectivity index (χ4n) is 3.69. The molecule has 6 nitrogen and oxygen atoms in total. The van der Waals surface area contributed by atoms with E-state index < -0.39 is 34.0 Å². The van der Waals surface area contributed by atoms with E-state index in [1.54, 1.807) is 0 Å². The Bertz CT molecular complexity index is 1250. The van der Waals surface area contributed by atoms with Crippen LogP contribution in [0.3, 0.4) is 0 Å². The van der Waals surface area contributed by atoms with Crippen molar-refractivity contribution in [2.24, 2.45) is 0 Å². The third-order valence-corrected chi connectivity index (χ3v) is 7.34. The van der Waals surface area contributed by atoms with Crippen molar-refractivity contribution in [3.05, 3.63) is 89.2 Å². The van der Waals surface area contributed by atoms with Gasteiger partial charge >= 0.3 is 0 Å². The van der Waals surface area contributed by atoms with E-state index in [4.69, 9.17) is 11.6 Å². The van der Waals surface area contributed by atoms with E-state index in [0.29, 0.717) is 0 Å². The van der Waals surface area contributed by atoms with E-state index in [-0.39, 0.29) is 17.1 Å². The highest BCUT2D eigenvalue weighted by atomic mass is 35.5. The summed E-state index contributed by atoms with van der Waals surface area (Å²) in [5.41, 5.74) is 3.00. The standard InChI is InChI=1S/C23H21ClFN3O3S/c1-28-22(23(29)26-18-10-11-20(25)19(24)13-18)14-21(27-32(28,30)31)17-9-5-8-16(12-17)15-6-3-2-4-7-15/h2-13,21-22,27H,14H2,1H3,(H,26,29)/t21-,22+/m1/s1. The molecule has 1 aliphatic rings. The lowest BCUT2D eigenvalue weighted by atomic mass is 9.95. The summed E-state index contributed by atoms with van der Waals surface area (Å²) < 4.78 is 42.6. The summed E-state index contributed by atoms with van der Waals surface area (Å²) in [6, 6.07) is 19.5. The van der Waals surface area contributed by atoms with E-state index in [2.05, 4.69) is 10.0 Å². The topological polar surface area (TPSA) is 78.5 Å². The lowest BCUT2D eigenvalue weighted by molar-refractivity contribution is -0.120. The van der Waals surface area contributed by atoms with E-state index >= 15 is 0 Å². The van der Waals surface area contributed by atoms with Crippen LogP contribution in [-0.4, -0.2) is 31.7 Å². The Hall–Kier alpha value is -2.78. The molecule has 1 aliphatic heterocycles. The molecule has 0 radical (unpaired) electrons. The van der Waals surface area contributed by atoms with E-state index in [9.17, 15) is 17.6 Å². The number of benzene rings is 3. The van der Waals surface area contributed by atoms with Gasteiger partial charge in [0.15, 0.2) is 0 Å². The summed E-state index contributed by atoms with van der Waals surface area (Å²) in [7, 11) is -2.55. The van der Waals surface area contributed by atoms with Crippen molar-refractivity contribution in [2.75, 3.05) is 12.4 Å². The van der Waals surface area contributed by atoms with Crippen molar-refractivity contribution >= 4 is 33.4 Å². The van der Waals surface area contributed by atoms with Crippen LogP contribution in [0.1, 0.15) is 18.0 Å². The van der Waals surface area contributed by atoms with Crippen LogP contribution in [0.2, 0.25) is 5.02 Å². The lowest BCUT2D eigenvalue weighted by Gasteiger charge is -2.36. The van der Waals surface area contributed by atoms with Gasteiger partial charge in [-0.1, -0.05) is 60.1 Å². The first-order valence-electron chi connectivity index (χ1n) is 9.91. The molecule has 2 atom stereocenters. The van der Waals surface area contributed by atoms with Crippen molar-refractivity contribution in [3.63, 3.8) is 0 Å². The predicted molar refractivity (Wildman–Crippen MR) is 123 cm³/mol. The van der Waals surface area contributed by atoms with Gasteiger partial charge in [-0.2, -0.15) is 17.4 Å². The molecule has 0 unspecified atom stereocenters. The summed E-state index contributed by atoms with van der Waals surface area (Å²) >= 11 is 5.78. The van der Waals surface area contributed by atoms with Gasteiger partial charge in [0.1, 0.15) is 11.9 Å². The quantitative estimate of drug-likeness (QED) is 0.590. The maximum absolute atomic E-state index is 13.4. The Balaban J connectivity index is 1.60. The highest BCUT2D eigenvalue weighted by molar-refractivity contribution is 7.87. The Morgan fingerprint density at radius 3 is 2.50 bits per heavy atom. The van der Waals surface area contributed by atoms with Crippen molar-refractivity contribution in [1.82, 2.24) is 9.03 Å². The smallest absolute Gasteiger partial charge is 0.280 e. The molecule has 3 aromatic carbocycles. The second-order valence-corrected chi connectivity index (χ2v) is 9.72. The number of hydrogen-bond acceptors (Lipinski definition) is 3. The first kappa shape index (κ1) is 22.4. The fourth-order valence-corrected chi connectivity index (χ4v) is 5.15. The highest BCUT2D eigenvalue weighted by Gasteiger charge is 2.40. The maximum atomic E-state index is 13.4. The molecule has 0 aromatic heterocycles. The molecule has 0 spiro atoms. The third kappa shape index (κ3) is 4.68. The van der Waals surface area contributed by atoms with Gasteiger partial charge in [-0.3, -0.25) is 4.79 Å². The van der Waals surface area contributed by atoms with Gasteiger partial charge in [0, 0.05) is 18.8 Å². The summed E-state index contributed by atoms with van der Waals surface area (Å²) in [6.07, 6.45) is 0.217. The number of nitrogens with zero attached hydrogens (tertiary/aromatic N) is 1. The zero-order chi connectivity index (χ0) is 22.9. The Kier molecular flexibility index (Phi) is 6.30. The monoisotopic (exact) mass is 473 g/mol. The van der Waals surface area contributed by atoms with Gasteiger partial charge in [-0.05, 0) is 47.4 Å². The van der Waals surface area contributed by atoms with Crippen LogP contribution in [0, 0.1) is 5.82 Å². The molecule has 166 valence electrons. The van der Waals surface area contributed by atoms with Crippen molar-refractivity contribution < 1.29 is 17.6 Å². The first-order valence-corrected chi connectivity index (χ1v) is 11.7. The number of anilines is 1. The van der Waals surface area contributed by atoms with E-state index in [1.807, 2.05) is 54.6 Å². The molecule has 1 amide bonds. The molecule has 0 saturated carbocycles. The molecule has 1 saturated heterocycles. The maximum Gasteiger partial charge on any atom is 0.280 e. The Morgan fingerprint density at radius 2 is 1.78 bits per heavy atom. The van der Waals surface area contributed by atoms with Crippen LogP contribution in [0.5, 0.6) is 0 Å². The minimum Gasteiger partial charge on any atom is -0.325 e. The van der Waals surface area contributed by atoms with Crippen LogP contribution < -0.4 is 10.0 Å². The molecular formula is C23H21ClFN3O3S. The number of hydrogen-bond donors (Lipinski definition) is 2. The number of halogens is 2. The molecule has 1 heterocycles. The summed E-state index contributed by atoms with van der Waals surface area (Å²) in [5.74, 6) is -1.13. The van der Waals surface area contributed by atoms with Gasteiger partial charge < -0.3 is 5.32 Å². The number of nitrogens with one attached hydrogen (secondary N) is 2. The molecular weight excluding hydrogens is 453 g/mol. The Morgan fingerprint density at radius 1 is 1.06 bits per heavy atom. The lowest BCUT2D eigenvalue weighted by Crippen LogP contribution is -2.55. The van der Waals surface area contributed by atoms with Crippen LogP contribution in [0.25, 0.3) is 11.1 Å². The summed E-state index contributed by atoms with van der Waals surface area (Å²) in [4.78, 5) is 12.9. The van der Waals surface area contributed by atoms with Gasteiger partial charge in [-0.25, -0.2) is 4.39 Å². The highest BCUT2D eigenvalue weighted by Crippen LogP contribution is 2.31.